The number of rotatable bonds is 7. The van der Waals surface area contributed by atoms with Crippen LogP contribution in [0, 0.1) is 18.6 Å². The molecule has 0 radical (unpaired) electrons. The van der Waals surface area contributed by atoms with Gasteiger partial charge in [0.1, 0.15) is 11.6 Å². The molecule has 36 heavy (non-hydrogen) atoms. The van der Waals surface area contributed by atoms with Crippen LogP contribution >= 0.6 is 0 Å². The Morgan fingerprint density at radius 3 is 2.39 bits per heavy atom. The van der Waals surface area contributed by atoms with Crippen LogP contribution < -0.4 is 40.0 Å². The molecule has 0 aliphatic carbocycles. The Kier molecular flexibility index (Phi) is 8.57. The second-order valence-electron chi connectivity index (χ2n) is 8.27. The summed E-state index contributed by atoms with van der Waals surface area (Å²) in [6, 6.07) is 10.9. The summed E-state index contributed by atoms with van der Waals surface area (Å²) >= 11 is 0. The number of benzene rings is 2. The maximum Gasteiger partial charge on any atom is 1.00 e. The van der Waals surface area contributed by atoms with Crippen molar-refractivity contribution < 1.29 is 53.0 Å². The number of carbonyl (C=O) groups is 2. The molecule has 4 aromatic rings. The zero-order valence-electron chi connectivity index (χ0n) is 20.3. The van der Waals surface area contributed by atoms with Crippen molar-refractivity contribution in [3.05, 3.63) is 77.1 Å². The third kappa shape index (κ3) is 5.62. The zero-order chi connectivity index (χ0) is 25.3. The van der Waals surface area contributed by atoms with Crippen LogP contribution in [0.2, 0.25) is 0 Å². The van der Waals surface area contributed by atoms with Gasteiger partial charge in [0.25, 0.3) is 5.91 Å². The molecule has 1 amide bonds. The molecule has 0 atom stereocenters. The minimum atomic E-state index is -1.50. The van der Waals surface area contributed by atoms with E-state index in [-0.39, 0.29) is 63.6 Å². The summed E-state index contributed by atoms with van der Waals surface area (Å²) < 4.78 is 29.1. The Morgan fingerprint density at radius 2 is 1.78 bits per heavy atom. The van der Waals surface area contributed by atoms with Crippen LogP contribution in [0.15, 0.2) is 48.5 Å². The quantitative estimate of drug-likeness (QED) is 0.337. The summed E-state index contributed by atoms with van der Waals surface area (Å²) in [4.78, 5) is 30.7. The van der Waals surface area contributed by atoms with Crippen molar-refractivity contribution >= 4 is 17.5 Å². The number of carbonyl (C=O) groups excluding carboxylic acids is 2. The molecule has 2 aromatic heterocycles. The Morgan fingerprint density at radius 1 is 1.08 bits per heavy atom. The van der Waals surface area contributed by atoms with Gasteiger partial charge in [0.2, 0.25) is 0 Å². The summed E-state index contributed by atoms with van der Waals surface area (Å²) in [7, 11) is 3.81. The Hall–Kier alpha value is -3.18. The van der Waals surface area contributed by atoms with E-state index in [2.05, 4.69) is 15.4 Å². The zero-order valence-corrected chi connectivity index (χ0v) is 22.3. The number of aromatic carboxylic acids is 1. The number of aromatic nitrogens is 3. The number of fused-ring (bicyclic) bond motifs is 1. The monoisotopic (exact) mass is 501 g/mol. The molecule has 1 N–H and O–H groups in total. The third-order valence-electron chi connectivity index (χ3n) is 5.46. The van der Waals surface area contributed by atoms with E-state index >= 15 is 0 Å². The van der Waals surface area contributed by atoms with Crippen LogP contribution in [0.4, 0.5) is 8.78 Å². The summed E-state index contributed by atoms with van der Waals surface area (Å²) in [6.07, 6.45) is 0. The summed E-state index contributed by atoms with van der Waals surface area (Å²) in [5.41, 5.74) is 1.61. The number of amides is 1. The van der Waals surface area contributed by atoms with E-state index in [1.807, 2.05) is 19.0 Å². The van der Waals surface area contributed by atoms with E-state index in [4.69, 9.17) is 0 Å². The fourth-order valence-electron chi connectivity index (χ4n) is 3.71. The molecule has 4 rings (SSSR count). The number of carboxylic acid groups (broad SMARTS) is 1. The van der Waals surface area contributed by atoms with Gasteiger partial charge in [-0.2, -0.15) is 5.10 Å². The minimum Gasteiger partial charge on any atom is -0.543 e. The number of likely N-dealkylation sites (N-methyl/N-ethyl adjacent to an activating group) is 1. The fourth-order valence-corrected chi connectivity index (χ4v) is 3.71. The minimum absolute atomic E-state index is 0. The molecule has 0 spiro atoms. The van der Waals surface area contributed by atoms with Crippen molar-refractivity contribution in [2.75, 3.05) is 27.2 Å². The van der Waals surface area contributed by atoms with Crippen LogP contribution in [0.25, 0.3) is 28.0 Å². The van der Waals surface area contributed by atoms with Crippen molar-refractivity contribution in [2.24, 2.45) is 0 Å². The second-order valence-corrected chi connectivity index (χ2v) is 8.27. The van der Waals surface area contributed by atoms with E-state index in [9.17, 15) is 23.5 Å². The van der Waals surface area contributed by atoms with Crippen molar-refractivity contribution in [1.82, 2.24) is 24.8 Å². The van der Waals surface area contributed by atoms with Gasteiger partial charge >= 0.3 is 29.6 Å². The average molecular weight is 501 g/mol. The average Bonchev–Trinajstić information content (AvgIpc) is 3.13. The standard InChI is InChI=1S/C25H23F2N5O3.Na/c1-14-22(18-9-8-17(26)12-19(18)27)23-29-20(13-21(25(34)35)32(23)30-14)15-4-6-16(7-5-15)24(33)28-10-11-31(2)3;/h4-9,12-13H,10-11H2,1-3H3,(H,28,33)(H,34,35);/q;+1/p-1. The molecule has 11 heteroatoms. The van der Waals surface area contributed by atoms with E-state index < -0.39 is 17.6 Å². The first-order valence-electron chi connectivity index (χ1n) is 10.8. The van der Waals surface area contributed by atoms with Gasteiger partial charge in [-0.3, -0.25) is 4.79 Å². The van der Waals surface area contributed by atoms with Gasteiger partial charge in [0, 0.05) is 35.8 Å². The number of aryl methyl sites for hydroxylation is 1. The molecule has 0 aliphatic rings. The predicted molar refractivity (Wildman–Crippen MR) is 124 cm³/mol. The number of carboxylic acids is 1. The number of hydrogen-bond donors (Lipinski definition) is 1. The molecule has 0 saturated carbocycles. The first-order chi connectivity index (χ1) is 16.7. The topological polar surface area (TPSA) is 103 Å². The van der Waals surface area contributed by atoms with Gasteiger partial charge < -0.3 is 20.1 Å². The molecule has 0 fully saturated rings. The van der Waals surface area contributed by atoms with Crippen molar-refractivity contribution in [3.8, 4) is 22.4 Å². The number of hydrogen-bond acceptors (Lipinski definition) is 6. The van der Waals surface area contributed by atoms with E-state index in [0.717, 1.165) is 16.6 Å². The molecule has 0 bridgehead atoms. The molecular weight excluding hydrogens is 479 g/mol. The summed E-state index contributed by atoms with van der Waals surface area (Å²) in [6.45, 7) is 2.76. The third-order valence-corrected chi connectivity index (χ3v) is 5.46. The molecule has 0 saturated heterocycles. The Bertz CT molecular complexity index is 1440. The SMILES string of the molecule is Cc1nn2c(C(=O)[O-])cc(-c3ccc(C(=O)NCCN(C)C)cc3)nc2c1-c1ccc(F)cc1F.[Na+]. The largest absolute Gasteiger partial charge is 1.00 e. The van der Waals surface area contributed by atoms with E-state index in [0.29, 0.717) is 29.9 Å². The number of nitrogens with one attached hydrogen (secondary N) is 1. The van der Waals surface area contributed by atoms with Gasteiger partial charge in [0.15, 0.2) is 5.65 Å². The second kappa shape index (κ2) is 11.3. The van der Waals surface area contributed by atoms with Gasteiger partial charge in [-0.05, 0) is 51.4 Å². The predicted octanol–water partition coefficient (Wildman–Crippen LogP) is -0.691. The van der Waals surface area contributed by atoms with Crippen LogP contribution in [0.3, 0.4) is 0 Å². The van der Waals surface area contributed by atoms with Crippen molar-refractivity contribution in [3.63, 3.8) is 0 Å². The molecule has 0 aliphatic heterocycles. The maximum absolute atomic E-state index is 14.6. The van der Waals surface area contributed by atoms with Crippen LogP contribution in [0.1, 0.15) is 26.5 Å². The number of halogens is 2. The summed E-state index contributed by atoms with van der Waals surface area (Å²) in [5.74, 6) is -3.30. The van der Waals surface area contributed by atoms with Gasteiger partial charge in [-0.15, -0.1) is 0 Å². The molecule has 2 aromatic carbocycles. The Labute approximate surface area is 228 Å². The van der Waals surface area contributed by atoms with Gasteiger partial charge in [-0.1, -0.05) is 12.1 Å². The molecular formula is C25H22F2N5NaO3. The normalized spacial score (nSPS) is 10.9. The number of nitrogens with zero attached hydrogens (tertiary/aromatic N) is 4. The Balaban J connectivity index is 0.00000361. The first-order valence-corrected chi connectivity index (χ1v) is 10.8. The molecule has 8 nitrogen and oxygen atoms in total. The smallest absolute Gasteiger partial charge is 0.543 e. The van der Waals surface area contributed by atoms with Crippen LogP contribution in [0.5, 0.6) is 0 Å². The van der Waals surface area contributed by atoms with Gasteiger partial charge in [-0.25, -0.2) is 18.3 Å². The molecule has 0 unspecified atom stereocenters. The van der Waals surface area contributed by atoms with Crippen molar-refractivity contribution in [1.29, 1.82) is 0 Å². The maximum atomic E-state index is 14.6. The van der Waals surface area contributed by atoms with Crippen LogP contribution in [-0.4, -0.2) is 58.6 Å². The fraction of sp³-hybridized carbons (Fsp3) is 0.200. The molecule has 180 valence electrons. The van der Waals surface area contributed by atoms with Crippen molar-refractivity contribution in [2.45, 2.75) is 6.92 Å². The van der Waals surface area contributed by atoms with Crippen LogP contribution in [-0.2, 0) is 0 Å². The van der Waals surface area contributed by atoms with Gasteiger partial charge in [0.05, 0.1) is 28.6 Å². The molecule has 2 heterocycles. The summed E-state index contributed by atoms with van der Waals surface area (Å²) in [5, 5.41) is 18.9. The van der Waals surface area contributed by atoms with E-state index in [1.165, 1.54) is 12.1 Å². The van der Waals surface area contributed by atoms with E-state index in [1.54, 1.807) is 31.2 Å². The first kappa shape index (κ1) is 27.4.